The molecular formula is C15H13ClN2O. The molecule has 0 atom stereocenters. The van der Waals surface area contributed by atoms with Crippen molar-refractivity contribution in [2.45, 2.75) is 6.42 Å². The summed E-state index contributed by atoms with van der Waals surface area (Å²) in [5, 5.41) is 0.676. The normalized spacial score (nSPS) is 10.8. The first kappa shape index (κ1) is 12.1. The Morgan fingerprint density at radius 2 is 1.95 bits per heavy atom. The fourth-order valence-corrected chi connectivity index (χ4v) is 2.29. The smallest absolute Gasteiger partial charge is 0.118 e. The molecule has 0 saturated carbocycles. The molecule has 0 aliphatic heterocycles. The van der Waals surface area contributed by atoms with Gasteiger partial charge >= 0.3 is 0 Å². The molecule has 4 heteroatoms. The van der Waals surface area contributed by atoms with E-state index in [1.54, 1.807) is 7.11 Å². The molecule has 3 nitrogen and oxygen atoms in total. The summed E-state index contributed by atoms with van der Waals surface area (Å²) in [6.07, 6.45) is 0.745. The second-order valence-electron chi connectivity index (χ2n) is 4.34. The molecule has 3 rings (SSSR count). The van der Waals surface area contributed by atoms with Gasteiger partial charge in [0.1, 0.15) is 17.1 Å². The van der Waals surface area contributed by atoms with Gasteiger partial charge in [0.25, 0.3) is 0 Å². The maximum atomic E-state index is 6.11. The number of hydrogen-bond acceptors (Lipinski definition) is 2. The van der Waals surface area contributed by atoms with Gasteiger partial charge in [0.2, 0.25) is 0 Å². The van der Waals surface area contributed by atoms with E-state index in [0.29, 0.717) is 5.02 Å². The summed E-state index contributed by atoms with van der Waals surface area (Å²) in [7, 11) is 1.66. The SMILES string of the molecule is COc1ccc(Cc2nc3c(Cl)cccc3[nH]2)cc1. The maximum absolute atomic E-state index is 6.11. The lowest BCUT2D eigenvalue weighted by Crippen LogP contribution is -1.91. The third-order valence-electron chi connectivity index (χ3n) is 3.04. The van der Waals surface area contributed by atoms with Gasteiger partial charge in [-0.25, -0.2) is 4.98 Å². The second kappa shape index (κ2) is 4.94. The summed E-state index contributed by atoms with van der Waals surface area (Å²) < 4.78 is 5.14. The Morgan fingerprint density at radius 1 is 1.16 bits per heavy atom. The zero-order valence-corrected chi connectivity index (χ0v) is 11.2. The summed E-state index contributed by atoms with van der Waals surface area (Å²) in [6, 6.07) is 13.7. The number of aromatic amines is 1. The first-order chi connectivity index (χ1) is 9.26. The second-order valence-corrected chi connectivity index (χ2v) is 4.75. The van der Waals surface area contributed by atoms with Crippen molar-refractivity contribution in [1.82, 2.24) is 9.97 Å². The summed E-state index contributed by atoms with van der Waals surface area (Å²) in [5.74, 6) is 1.77. The lowest BCUT2D eigenvalue weighted by molar-refractivity contribution is 0.414. The quantitative estimate of drug-likeness (QED) is 0.787. The number of nitrogens with zero attached hydrogens (tertiary/aromatic N) is 1. The van der Waals surface area contributed by atoms with E-state index in [4.69, 9.17) is 16.3 Å². The van der Waals surface area contributed by atoms with E-state index in [2.05, 4.69) is 9.97 Å². The zero-order chi connectivity index (χ0) is 13.2. The van der Waals surface area contributed by atoms with Crippen molar-refractivity contribution in [3.05, 3.63) is 58.9 Å². The molecule has 1 heterocycles. The van der Waals surface area contributed by atoms with Crippen LogP contribution in [0.3, 0.4) is 0 Å². The van der Waals surface area contributed by atoms with Crippen molar-refractivity contribution < 1.29 is 4.74 Å². The maximum Gasteiger partial charge on any atom is 0.118 e. The van der Waals surface area contributed by atoms with Gasteiger partial charge in [0.05, 0.1) is 17.6 Å². The van der Waals surface area contributed by atoms with E-state index in [-0.39, 0.29) is 0 Å². The first-order valence-corrected chi connectivity index (χ1v) is 6.40. The van der Waals surface area contributed by atoms with Gasteiger partial charge in [-0.2, -0.15) is 0 Å². The predicted molar refractivity (Wildman–Crippen MR) is 76.9 cm³/mol. The van der Waals surface area contributed by atoms with Crippen LogP contribution >= 0.6 is 11.6 Å². The molecule has 0 aliphatic carbocycles. The molecule has 0 radical (unpaired) electrons. The Kier molecular flexibility index (Phi) is 3.13. The lowest BCUT2D eigenvalue weighted by Gasteiger charge is -2.01. The predicted octanol–water partition coefficient (Wildman–Crippen LogP) is 3.82. The topological polar surface area (TPSA) is 37.9 Å². The van der Waals surface area contributed by atoms with Gasteiger partial charge in [0, 0.05) is 6.42 Å². The first-order valence-electron chi connectivity index (χ1n) is 6.02. The van der Waals surface area contributed by atoms with Crippen LogP contribution in [0.1, 0.15) is 11.4 Å². The Bertz CT molecular complexity index is 704. The van der Waals surface area contributed by atoms with Gasteiger partial charge < -0.3 is 9.72 Å². The van der Waals surface area contributed by atoms with E-state index < -0.39 is 0 Å². The Hall–Kier alpha value is -2.00. The third-order valence-corrected chi connectivity index (χ3v) is 3.35. The molecule has 0 bridgehead atoms. The van der Waals surface area contributed by atoms with Crippen molar-refractivity contribution in [2.75, 3.05) is 7.11 Å². The number of ether oxygens (including phenoxy) is 1. The van der Waals surface area contributed by atoms with Gasteiger partial charge in [-0.3, -0.25) is 0 Å². The summed E-state index contributed by atoms with van der Waals surface area (Å²) in [6.45, 7) is 0. The van der Waals surface area contributed by atoms with Crippen LogP contribution in [0.15, 0.2) is 42.5 Å². The van der Waals surface area contributed by atoms with Crippen LogP contribution in [0.2, 0.25) is 5.02 Å². The number of H-pyrrole nitrogens is 1. The van der Waals surface area contributed by atoms with E-state index in [1.807, 2.05) is 42.5 Å². The van der Waals surface area contributed by atoms with Crippen molar-refractivity contribution in [3.63, 3.8) is 0 Å². The van der Waals surface area contributed by atoms with Crippen LogP contribution in [0, 0.1) is 0 Å². The molecule has 3 aromatic rings. The van der Waals surface area contributed by atoms with Crippen LogP contribution in [-0.2, 0) is 6.42 Å². The molecule has 0 fully saturated rings. The number of hydrogen-bond donors (Lipinski definition) is 1. The summed E-state index contributed by atoms with van der Waals surface area (Å²) >= 11 is 6.11. The van der Waals surface area contributed by atoms with Crippen molar-refractivity contribution >= 4 is 22.6 Å². The van der Waals surface area contributed by atoms with Gasteiger partial charge in [0.15, 0.2) is 0 Å². The van der Waals surface area contributed by atoms with Gasteiger partial charge in [-0.15, -0.1) is 0 Å². The molecular weight excluding hydrogens is 260 g/mol. The highest BCUT2D eigenvalue weighted by molar-refractivity contribution is 6.34. The molecule has 2 aromatic carbocycles. The lowest BCUT2D eigenvalue weighted by atomic mass is 10.1. The van der Waals surface area contributed by atoms with E-state index in [0.717, 1.165) is 29.0 Å². The zero-order valence-electron chi connectivity index (χ0n) is 10.5. The Labute approximate surface area is 116 Å². The van der Waals surface area contributed by atoms with E-state index >= 15 is 0 Å². The van der Waals surface area contributed by atoms with Gasteiger partial charge in [-0.1, -0.05) is 29.8 Å². The summed E-state index contributed by atoms with van der Waals surface area (Å²) in [4.78, 5) is 7.82. The van der Waals surface area contributed by atoms with Crippen LogP contribution in [0.4, 0.5) is 0 Å². The Morgan fingerprint density at radius 3 is 2.63 bits per heavy atom. The Balaban J connectivity index is 1.90. The van der Waals surface area contributed by atoms with E-state index in [9.17, 15) is 0 Å². The number of para-hydroxylation sites is 1. The molecule has 0 saturated heterocycles. The average Bonchev–Trinajstić information content (AvgIpc) is 2.84. The van der Waals surface area contributed by atoms with E-state index in [1.165, 1.54) is 5.56 Å². The number of rotatable bonds is 3. The molecule has 0 spiro atoms. The highest BCUT2D eigenvalue weighted by Gasteiger charge is 2.06. The average molecular weight is 273 g/mol. The molecule has 19 heavy (non-hydrogen) atoms. The van der Waals surface area contributed by atoms with Crippen molar-refractivity contribution in [1.29, 1.82) is 0 Å². The van der Waals surface area contributed by atoms with Crippen LogP contribution in [0.5, 0.6) is 5.75 Å². The van der Waals surface area contributed by atoms with Crippen LogP contribution < -0.4 is 4.74 Å². The van der Waals surface area contributed by atoms with Crippen LogP contribution in [-0.4, -0.2) is 17.1 Å². The fraction of sp³-hybridized carbons (Fsp3) is 0.133. The molecule has 96 valence electrons. The third kappa shape index (κ3) is 2.42. The standard InChI is InChI=1S/C15H13ClN2O/c1-19-11-7-5-10(6-8-11)9-14-17-13-4-2-3-12(16)15(13)18-14/h2-8H,9H2,1H3,(H,17,18). The van der Waals surface area contributed by atoms with Crippen molar-refractivity contribution in [3.8, 4) is 5.75 Å². The molecule has 0 aliphatic rings. The molecule has 0 amide bonds. The van der Waals surface area contributed by atoms with Crippen LogP contribution in [0.25, 0.3) is 11.0 Å². The minimum absolute atomic E-state index is 0.676. The largest absolute Gasteiger partial charge is 0.497 e. The molecule has 1 N–H and O–H groups in total. The molecule has 1 aromatic heterocycles. The number of aromatic nitrogens is 2. The number of imidazole rings is 1. The van der Waals surface area contributed by atoms with Crippen molar-refractivity contribution in [2.24, 2.45) is 0 Å². The minimum Gasteiger partial charge on any atom is -0.497 e. The fourth-order valence-electron chi connectivity index (χ4n) is 2.07. The number of benzene rings is 2. The number of methoxy groups -OCH3 is 1. The summed E-state index contributed by atoms with van der Waals surface area (Å²) in [5.41, 5.74) is 2.97. The highest BCUT2D eigenvalue weighted by Crippen LogP contribution is 2.22. The highest BCUT2D eigenvalue weighted by atomic mass is 35.5. The molecule has 0 unspecified atom stereocenters. The number of nitrogens with one attached hydrogen (secondary N) is 1. The number of fused-ring (bicyclic) bond motifs is 1. The number of halogens is 1. The monoisotopic (exact) mass is 272 g/mol. The van der Waals surface area contributed by atoms with Gasteiger partial charge in [-0.05, 0) is 29.8 Å². The minimum atomic E-state index is 0.676.